The highest BCUT2D eigenvalue weighted by atomic mass is 16.5. The Morgan fingerprint density at radius 3 is 2.88 bits per heavy atom. The minimum Gasteiger partial charge on any atom is -0.478 e. The van der Waals surface area contributed by atoms with E-state index in [0.29, 0.717) is 0 Å². The third-order valence-electron chi connectivity index (χ3n) is 2.25. The minimum atomic E-state index is -1.16. The summed E-state index contributed by atoms with van der Waals surface area (Å²) in [5.74, 6) is -1.79. The van der Waals surface area contributed by atoms with Crippen LogP contribution in [0.2, 0.25) is 0 Å². The molecule has 4 nitrogen and oxygen atoms in total. The van der Waals surface area contributed by atoms with E-state index in [0.717, 1.165) is 37.0 Å². The van der Waals surface area contributed by atoms with Crippen LogP contribution in [0.15, 0.2) is 36.5 Å². The van der Waals surface area contributed by atoms with Gasteiger partial charge in [0.1, 0.15) is 6.10 Å². The van der Waals surface area contributed by atoms with Gasteiger partial charge in [0.25, 0.3) is 0 Å². The SMILES string of the molecule is C=CC1=C[C@H](OC(=O)/C=C\C(=O)O)CCC1. The second-order valence-corrected chi connectivity index (χ2v) is 3.48. The molecule has 1 rings (SSSR count). The van der Waals surface area contributed by atoms with Gasteiger partial charge < -0.3 is 9.84 Å². The highest BCUT2D eigenvalue weighted by Crippen LogP contribution is 2.20. The van der Waals surface area contributed by atoms with Gasteiger partial charge in [-0.1, -0.05) is 12.7 Å². The fourth-order valence-electron chi connectivity index (χ4n) is 1.50. The molecule has 1 aliphatic rings. The molecule has 0 aromatic heterocycles. The lowest BCUT2D eigenvalue weighted by Crippen LogP contribution is -2.17. The molecule has 1 atom stereocenters. The molecule has 1 aliphatic carbocycles. The van der Waals surface area contributed by atoms with Gasteiger partial charge >= 0.3 is 11.9 Å². The van der Waals surface area contributed by atoms with Gasteiger partial charge in [0.05, 0.1) is 0 Å². The Morgan fingerprint density at radius 2 is 2.25 bits per heavy atom. The van der Waals surface area contributed by atoms with Crippen LogP contribution < -0.4 is 0 Å². The molecule has 0 fully saturated rings. The van der Waals surface area contributed by atoms with Gasteiger partial charge in [-0.15, -0.1) is 0 Å². The molecule has 0 heterocycles. The molecule has 0 aromatic rings. The molecule has 0 spiro atoms. The number of hydrogen-bond acceptors (Lipinski definition) is 3. The van der Waals surface area contributed by atoms with Gasteiger partial charge in [-0.2, -0.15) is 0 Å². The van der Waals surface area contributed by atoms with Crippen LogP contribution in [0.5, 0.6) is 0 Å². The highest BCUT2D eigenvalue weighted by molar-refractivity contribution is 5.90. The number of carbonyl (C=O) groups is 2. The zero-order valence-corrected chi connectivity index (χ0v) is 8.89. The van der Waals surface area contributed by atoms with Crippen LogP contribution in [-0.4, -0.2) is 23.1 Å². The van der Waals surface area contributed by atoms with Crippen molar-refractivity contribution in [3.63, 3.8) is 0 Å². The van der Waals surface area contributed by atoms with Crippen molar-refractivity contribution in [1.82, 2.24) is 0 Å². The van der Waals surface area contributed by atoms with Crippen LogP contribution in [0.3, 0.4) is 0 Å². The quantitative estimate of drug-likeness (QED) is 0.582. The van der Waals surface area contributed by atoms with E-state index in [1.54, 1.807) is 6.08 Å². The first-order valence-corrected chi connectivity index (χ1v) is 5.06. The van der Waals surface area contributed by atoms with Crippen LogP contribution in [0.1, 0.15) is 19.3 Å². The van der Waals surface area contributed by atoms with Crippen LogP contribution in [-0.2, 0) is 14.3 Å². The minimum absolute atomic E-state index is 0.271. The summed E-state index contributed by atoms with van der Waals surface area (Å²) in [6, 6.07) is 0. The molecule has 0 unspecified atom stereocenters. The summed E-state index contributed by atoms with van der Waals surface area (Å²) in [4.78, 5) is 21.4. The normalized spacial score (nSPS) is 20.2. The van der Waals surface area contributed by atoms with E-state index in [2.05, 4.69) is 6.58 Å². The van der Waals surface area contributed by atoms with Crippen molar-refractivity contribution >= 4 is 11.9 Å². The van der Waals surface area contributed by atoms with E-state index in [1.807, 2.05) is 6.08 Å². The first kappa shape index (κ1) is 12.2. The second-order valence-electron chi connectivity index (χ2n) is 3.48. The predicted octanol–water partition coefficient (Wildman–Crippen LogP) is 1.84. The van der Waals surface area contributed by atoms with Crippen molar-refractivity contribution in [2.24, 2.45) is 0 Å². The average Bonchev–Trinajstić information content (AvgIpc) is 2.26. The van der Waals surface area contributed by atoms with E-state index in [4.69, 9.17) is 9.84 Å². The summed E-state index contributed by atoms with van der Waals surface area (Å²) in [5, 5.41) is 8.33. The van der Waals surface area contributed by atoms with Crippen molar-refractivity contribution in [1.29, 1.82) is 0 Å². The molecule has 0 aromatic carbocycles. The monoisotopic (exact) mass is 222 g/mol. The summed E-state index contributed by atoms with van der Waals surface area (Å²) < 4.78 is 5.06. The van der Waals surface area contributed by atoms with Crippen molar-refractivity contribution in [2.75, 3.05) is 0 Å². The largest absolute Gasteiger partial charge is 0.478 e. The molecule has 0 bridgehead atoms. The number of ether oxygens (including phenoxy) is 1. The average molecular weight is 222 g/mol. The van der Waals surface area contributed by atoms with Crippen molar-refractivity contribution < 1.29 is 19.4 Å². The van der Waals surface area contributed by atoms with Crippen LogP contribution in [0.4, 0.5) is 0 Å². The smallest absolute Gasteiger partial charge is 0.331 e. The lowest BCUT2D eigenvalue weighted by Gasteiger charge is -2.19. The summed E-state index contributed by atoms with van der Waals surface area (Å²) in [6.45, 7) is 3.66. The first-order valence-electron chi connectivity index (χ1n) is 5.06. The Morgan fingerprint density at radius 1 is 1.50 bits per heavy atom. The number of carbonyl (C=O) groups excluding carboxylic acids is 1. The van der Waals surface area contributed by atoms with Gasteiger partial charge in [-0.05, 0) is 30.9 Å². The third kappa shape index (κ3) is 4.13. The molecule has 0 radical (unpaired) electrons. The molecule has 86 valence electrons. The maximum atomic E-state index is 11.2. The molecule has 0 saturated heterocycles. The van der Waals surface area contributed by atoms with Gasteiger partial charge in [0.15, 0.2) is 0 Å². The lowest BCUT2D eigenvalue weighted by atomic mass is 9.97. The van der Waals surface area contributed by atoms with Gasteiger partial charge in [0, 0.05) is 12.2 Å². The summed E-state index contributed by atoms with van der Waals surface area (Å²) in [5.41, 5.74) is 1.06. The molecule has 16 heavy (non-hydrogen) atoms. The summed E-state index contributed by atoms with van der Waals surface area (Å²) in [6.07, 6.45) is 7.66. The first-order chi connectivity index (χ1) is 7.61. The maximum Gasteiger partial charge on any atom is 0.331 e. The van der Waals surface area contributed by atoms with E-state index in [-0.39, 0.29) is 6.10 Å². The van der Waals surface area contributed by atoms with Crippen molar-refractivity contribution in [3.8, 4) is 0 Å². The molecular weight excluding hydrogens is 208 g/mol. The van der Waals surface area contributed by atoms with E-state index >= 15 is 0 Å². The molecule has 4 heteroatoms. The number of carboxylic acid groups (broad SMARTS) is 1. The van der Waals surface area contributed by atoms with Crippen molar-refractivity contribution in [2.45, 2.75) is 25.4 Å². The second kappa shape index (κ2) is 5.90. The topological polar surface area (TPSA) is 63.6 Å². The Labute approximate surface area is 93.9 Å². The standard InChI is InChI=1S/C12H14O4/c1-2-9-4-3-5-10(8-9)16-12(15)7-6-11(13)14/h2,6-8,10H,1,3-5H2,(H,13,14)/b7-6-/t10-/m1/s1. The fraction of sp³-hybridized carbons (Fsp3) is 0.333. The molecular formula is C12H14O4. The van der Waals surface area contributed by atoms with Gasteiger partial charge in [0.2, 0.25) is 0 Å². The van der Waals surface area contributed by atoms with Crippen LogP contribution >= 0.6 is 0 Å². The molecule has 0 aliphatic heterocycles. The predicted molar refractivity (Wildman–Crippen MR) is 58.8 cm³/mol. The number of carboxylic acids is 1. The number of hydrogen-bond donors (Lipinski definition) is 1. The number of aliphatic carboxylic acids is 1. The summed E-state index contributed by atoms with van der Waals surface area (Å²) >= 11 is 0. The third-order valence-corrected chi connectivity index (χ3v) is 2.25. The zero-order chi connectivity index (χ0) is 12.0. The zero-order valence-electron chi connectivity index (χ0n) is 8.89. The Kier molecular flexibility index (Phi) is 4.51. The maximum absolute atomic E-state index is 11.2. The molecule has 0 amide bonds. The van der Waals surface area contributed by atoms with Crippen molar-refractivity contribution in [3.05, 3.63) is 36.5 Å². The highest BCUT2D eigenvalue weighted by Gasteiger charge is 2.15. The van der Waals surface area contributed by atoms with E-state index in [1.165, 1.54) is 0 Å². The fourth-order valence-corrected chi connectivity index (χ4v) is 1.50. The van der Waals surface area contributed by atoms with E-state index in [9.17, 15) is 9.59 Å². The molecule has 1 N–H and O–H groups in total. The van der Waals surface area contributed by atoms with Crippen LogP contribution in [0.25, 0.3) is 0 Å². The Bertz CT molecular complexity index is 352. The number of esters is 1. The number of allylic oxidation sites excluding steroid dienone is 2. The van der Waals surface area contributed by atoms with E-state index < -0.39 is 11.9 Å². The Hall–Kier alpha value is -1.84. The van der Waals surface area contributed by atoms with Gasteiger partial charge in [-0.25, -0.2) is 9.59 Å². The van der Waals surface area contributed by atoms with Crippen LogP contribution in [0, 0.1) is 0 Å². The molecule has 0 saturated carbocycles. The number of rotatable bonds is 4. The van der Waals surface area contributed by atoms with Gasteiger partial charge in [-0.3, -0.25) is 0 Å². The lowest BCUT2D eigenvalue weighted by molar-refractivity contribution is -0.142. The summed E-state index contributed by atoms with van der Waals surface area (Å²) in [7, 11) is 0. The Balaban J connectivity index is 2.51.